The maximum absolute atomic E-state index is 11.1. The van der Waals surface area contributed by atoms with E-state index in [0.717, 1.165) is 19.1 Å². The van der Waals surface area contributed by atoms with Gasteiger partial charge in [-0.3, -0.25) is 0 Å². The summed E-state index contributed by atoms with van der Waals surface area (Å²) in [6, 6.07) is 15.0. The zero-order chi connectivity index (χ0) is 12.6. The lowest BCUT2D eigenvalue weighted by atomic mass is 9.62. The third-order valence-corrected chi connectivity index (χ3v) is 5.31. The van der Waals surface area contributed by atoms with Crippen molar-refractivity contribution in [1.82, 2.24) is 0 Å². The number of carbonyl (C=O) groups is 1. The van der Waals surface area contributed by atoms with Gasteiger partial charge in [0, 0.05) is 5.41 Å². The van der Waals surface area contributed by atoms with Crippen molar-refractivity contribution in [3.8, 4) is 0 Å². The normalized spacial score (nSPS) is 19.2. The van der Waals surface area contributed by atoms with Crippen molar-refractivity contribution in [3.63, 3.8) is 0 Å². The molecule has 1 aliphatic rings. The first-order chi connectivity index (χ1) is 8.76. The van der Waals surface area contributed by atoms with E-state index in [1.165, 1.54) is 22.8 Å². The molecule has 2 aromatic carbocycles. The molecule has 3 rings (SSSR count). The summed E-state index contributed by atoms with van der Waals surface area (Å²) < 4.78 is 0. The standard InChI is InChI=1S/C16H15BrO/c17-15(11-18)16(8-3-9-16)14-7-6-12-4-1-2-5-13(12)10-14/h1-2,4-7,10-11,15H,3,8-9H2. The van der Waals surface area contributed by atoms with Crippen LogP contribution in [0.3, 0.4) is 0 Å². The first-order valence-electron chi connectivity index (χ1n) is 6.35. The number of hydrogen-bond donors (Lipinski definition) is 0. The molecule has 92 valence electrons. The average molecular weight is 303 g/mol. The van der Waals surface area contributed by atoms with Gasteiger partial charge in [0.15, 0.2) is 0 Å². The van der Waals surface area contributed by atoms with E-state index >= 15 is 0 Å². The molecular weight excluding hydrogens is 288 g/mol. The van der Waals surface area contributed by atoms with Crippen LogP contribution in [0.25, 0.3) is 10.8 Å². The number of alkyl halides is 1. The van der Waals surface area contributed by atoms with Crippen LogP contribution >= 0.6 is 15.9 Å². The Labute approximate surface area is 115 Å². The van der Waals surface area contributed by atoms with Crippen LogP contribution in [0.4, 0.5) is 0 Å². The molecule has 0 aliphatic heterocycles. The van der Waals surface area contributed by atoms with Crippen molar-refractivity contribution >= 4 is 33.0 Å². The van der Waals surface area contributed by atoms with Crippen LogP contribution in [-0.4, -0.2) is 11.1 Å². The largest absolute Gasteiger partial charge is 0.302 e. The second-order valence-electron chi connectivity index (χ2n) is 5.11. The molecule has 0 spiro atoms. The fraction of sp³-hybridized carbons (Fsp3) is 0.312. The van der Waals surface area contributed by atoms with E-state index < -0.39 is 0 Å². The van der Waals surface area contributed by atoms with Crippen LogP contribution in [0.2, 0.25) is 0 Å². The summed E-state index contributed by atoms with van der Waals surface area (Å²) in [6.45, 7) is 0. The number of fused-ring (bicyclic) bond motifs is 1. The van der Waals surface area contributed by atoms with Gasteiger partial charge in [-0.05, 0) is 29.2 Å². The molecule has 1 atom stereocenters. The van der Waals surface area contributed by atoms with E-state index in [0.29, 0.717) is 0 Å². The van der Waals surface area contributed by atoms with E-state index in [2.05, 4.69) is 58.4 Å². The van der Waals surface area contributed by atoms with Gasteiger partial charge < -0.3 is 4.79 Å². The fourth-order valence-corrected chi connectivity index (χ4v) is 3.63. The predicted octanol–water partition coefficient (Wildman–Crippen LogP) is 4.22. The van der Waals surface area contributed by atoms with Crippen molar-refractivity contribution in [3.05, 3.63) is 48.0 Å². The van der Waals surface area contributed by atoms with Gasteiger partial charge >= 0.3 is 0 Å². The minimum atomic E-state index is -0.0695. The number of aldehydes is 1. The lowest BCUT2D eigenvalue weighted by Crippen LogP contribution is -2.43. The number of carbonyl (C=O) groups excluding carboxylic acids is 1. The van der Waals surface area contributed by atoms with E-state index in [-0.39, 0.29) is 10.2 Å². The van der Waals surface area contributed by atoms with Gasteiger partial charge in [0.25, 0.3) is 0 Å². The van der Waals surface area contributed by atoms with Crippen LogP contribution in [0, 0.1) is 0 Å². The smallest absolute Gasteiger partial charge is 0.134 e. The molecule has 0 heterocycles. The minimum Gasteiger partial charge on any atom is -0.302 e. The van der Waals surface area contributed by atoms with Crippen LogP contribution in [0.5, 0.6) is 0 Å². The second kappa shape index (κ2) is 4.51. The van der Waals surface area contributed by atoms with Crippen molar-refractivity contribution in [2.75, 3.05) is 0 Å². The molecular formula is C16H15BrO. The summed E-state index contributed by atoms with van der Waals surface area (Å²) in [5, 5.41) is 2.51. The molecule has 0 aromatic heterocycles. The predicted molar refractivity (Wildman–Crippen MR) is 78.3 cm³/mol. The maximum Gasteiger partial charge on any atom is 0.134 e. The molecule has 18 heavy (non-hydrogen) atoms. The van der Waals surface area contributed by atoms with Gasteiger partial charge in [-0.25, -0.2) is 0 Å². The molecule has 1 fully saturated rings. The quantitative estimate of drug-likeness (QED) is 0.613. The van der Waals surface area contributed by atoms with Crippen molar-refractivity contribution in [1.29, 1.82) is 0 Å². The van der Waals surface area contributed by atoms with Gasteiger partial charge in [0.2, 0.25) is 0 Å². The van der Waals surface area contributed by atoms with Gasteiger partial charge in [-0.1, -0.05) is 64.8 Å². The topological polar surface area (TPSA) is 17.1 Å². The number of rotatable bonds is 3. The molecule has 0 saturated heterocycles. The minimum absolute atomic E-state index is 0.0196. The Morgan fingerprint density at radius 2 is 1.83 bits per heavy atom. The molecule has 1 saturated carbocycles. The van der Waals surface area contributed by atoms with Crippen LogP contribution in [0.15, 0.2) is 42.5 Å². The molecule has 2 aromatic rings. The summed E-state index contributed by atoms with van der Waals surface area (Å²) in [5.74, 6) is 0. The maximum atomic E-state index is 11.1. The highest BCUT2D eigenvalue weighted by molar-refractivity contribution is 9.10. The van der Waals surface area contributed by atoms with Crippen molar-refractivity contribution in [2.45, 2.75) is 29.5 Å². The lowest BCUT2D eigenvalue weighted by Gasteiger charge is -2.44. The van der Waals surface area contributed by atoms with Gasteiger partial charge in [0.05, 0.1) is 4.83 Å². The molecule has 0 radical (unpaired) electrons. The summed E-state index contributed by atoms with van der Waals surface area (Å²) >= 11 is 3.54. The first kappa shape index (κ1) is 11.9. The lowest BCUT2D eigenvalue weighted by molar-refractivity contribution is -0.108. The summed E-state index contributed by atoms with van der Waals surface area (Å²) in [7, 11) is 0. The second-order valence-corrected chi connectivity index (χ2v) is 6.10. The van der Waals surface area contributed by atoms with Crippen LogP contribution in [-0.2, 0) is 10.2 Å². The van der Waals surface area contributed by atoms with Crippen LogP contribution in [0.1, 0.15) is 24.8 Å². The SMILES string of the molecule is O=CC(Br)C1(c2ccc3ccccc3c2)CCC1. The highest BCUT2D eigenvalue weighted by atomic mass is 79.9. The summed E-state index contributed by atoms with van der Waals surface area (Å²) in [6.07, 6.45) is 4.44. The van der Waals surface area contributed by atoms with Crippen LogP contribution < -0.4 is 0 Å². The Balaban J connectivity index is 2.10. The van der Waals surface area contributed by atoms with Gasteiger partial charge in [0.1, 0.15) is 6.29 Å². The van der Waals surface area contributed by atoms with E-state index in [1.807, 2.05) is 0 Å². The average Bonchev–Trinajstić information content (AvgIpc) is 2.37. The molecule has 1 nitrogen and oxygen atoms in total. The Morgan fingerprint density at radius 1 is 1.11 bits per heavy atom. The van der Waals surface area contributed by atoms with Gasteiger partial charge in [-0.15, -0.1) is 0 Å². The zero-order valence-electron chi connectivity index (χ0n) is 10.1. The van der Waals surface area contributed by atoms with E-state index in [9.17, 15) is 4.79 Å². The Hall–Kier alpha value is -1.15. The molecule has 2 heteroatoms. The van der Waals surface area contributed by atoms with E-state index in [1.54, 1.807) is 0 Å². The monoisotopic (exact) mass is 302 g/mol. The third-order valence-electron chi connectivity index (χ3n) is 4.22. The highest BCUT2D eigenvalue weighted by Crippen LogP contribution is 2.48. The number of benzene rings is 2. The molecule has 0 bridgehead atoms. The molecule has 1 aliphatic carbocycles. The molecule has 0 N–H and O–H groups in total. The summed E-state index contributed by atoms with van der Waals surface area (Å²) in [4.78, 5) is 11.1. The first-order valence-corrected chi connectivity index (χ1v) is 7.26. The fourth-order valence-electron chi connectivity index (χ4n) is 2.91. The number of hydrogen-bond acceptors (Lipinski definition) is 1. The Kier molecular flexibility index (Phi) is 2.98. The molecule has 1 unspecified atom stereocenters. The number of halogens is 1. The van der Waals surface area contributed by atoms with Crippen molar-refractivity contribution in [2.24, 2.45) is 0 Å². The van der Waals surface area contributed by atoms with E-state index in [4.69, 9.17) is 0 Å². The van der Waals surface area contributed by atoms with Crippen molar-refractivity contribution < 1.29 is 4.79 Å². The van der Waals surface area contributed by atoms with Gasteiger partial charge in [-0.2, -0.15) is 0 Å². The Bertz CT molecular complexity index is 586. The third kappa shape index (κ3) is 1.71. The molecule has 0 amide bonds. The highest BCUT2D eigenvalue weighted by Gasteiger charge is 2.44. The summed E-state index contributed by atoms with van der Waals surface area (Å²) in [5.41, 5.74) is 1.31. The Morgan fingerprint density at radius 3 is 2.44 bits per heavy atom. The zero-order valence-corrected chi connectivity index (χ0v) is 11.7.